The van der Waals surface area contributed by atoms with E-state index in [-0.39, 0.29) is 0 Å². The van der Waals surface area contributed by atoms with Crippen LogP contribution < -0.4 is 10.1 Å². The summed E-state index contributed by atoms with van der Waals surface area (Å²) in [6.07, 6.45) is 2.54. The highest BCUT2D eigenvalue weighted by Crippen LogP contribution is 2.42. The molecule has 1 N–H and O–H groups in total. The maximum absolute atomic E-state index is 6.27. The fraction of sp³-hybridized carbons (Fsp3) is 0.273. The molecule has 2 atom stereocenters. The summed E-state index contributed by atoms with van der Waals surface area (Å²) in [5.41, 5.74) is 4.01. The molecule has 0 saturated carbocycles. The van der Waals surface area contributed by atoms with Crippen LogP contribution in [-0.2, 0) is 6.54 Å². The molecule has 0 radical (unpaired) electrons. The van der Waals surface area contributed by atoms with E-state index in [1.165, 1.54) is 42.6 Å². The molecule has 3 heterocycles. The molecule has 0 aromatic heterocycles. The van der Waals surface area contributed by atoms with Gasteiger partial charge in [0.15, 0.2) is 0 Å². The van der Waals surface area contributed by atoms with Crippen molar-refractivity contribution >= 4 is 0 Å². The minimum atomic E-state index is 0.337. The summed E-state index contributed by atoms with van der Waals surface area (Å²) >= 11 is 0. The minimum Gasteiger partial charge on any atom is -0.457 e. The molecular weight excluding hydrogens is 440 g/mol. The van der Waals surface area contributed by atoms with Gasteiger partial charge in [-0.05, 0) is 61.2 Å². The average molecular weight is 475 g/mol. The van der Waals surface area contributed by atoms with Crippen molar-refractivity contribution in [1.82, 2.24) is 10.2 Å². The van der Waals surface area contributed by atoms with Crippen molar-refractivity contribution in [2.24, 2.45) is 5.92 Å². The van der Waals surface area contributed by atoms with Gasteiger partial charge in [-0.15, -0.1) is 0 Å². The van der Waals surface area contributed by atoms with E-state index in [2.05, 4.69) is 95.1 Å². The zero-order chi connectivity index (χ0) is 24.2. The number of ether oxygens (including phenoxy) is 1. The Bertz CT molecular complexity index is 1200. The Kier molecular flexibility index (Phi) is 6.84. The van der Waals surface area contributed by atoms with Gasteiger partial charge in [0.1, 0.15) is 11.5 Å². The monoisotopic (exact) mass is 474 g/mol. The number of para-hydroxylation sites is 2. The van der Waals surface area contributed by atoms with E-state index in [1.807, 2.05) is 30.3 Å². The summed E-state index contributed by atoms with van der Waals surface area (Å²) in [4.78, 5) is 2.74. The molecule has 3 heteroatoms. The lowest BCUT2D eigenvalue weighted by molar-refractivity contribution is 0.00463. The fourth-order valence-corrected chi connectivity index (χ4v) is 6.29. The second-order valence-corrected chi connectivity index (χ2v) is 10.1. The number of hydrogen-bond acceptors (Lipinski definition) is 3. The summed E-state index contributed by atoms with van der Waals surface area (Å²) < 4.78 is 6.27. The van der Waals surface area contributed by atoms with Crippen molar-refractivity contribution in [1.29, 1.82) is 0 Å². The number of benzene rings is 4. The average Bonchev–Trinajstić information content (AvgIpc) is 2.95. The Labute approximate surface area is 214 Å². The zero-order valence-electron chi connectivity index (χ0n) is 20.7. The zero-order valence-corrected chi connectivity index (χ0v) is 20.7. The van der Waals surface area contributed by atoms with E-state index in [9.17, 15) is 0 Å². The number of piperidine rings is 3. The van der Waals surface area contributed by atoms with Crippen molar-refractivity contribution in [2.45, 2.75) is 37.4 Å². The molecule has 2 bridgehead atoms. The van der Waals surface area contributed by atoms with Crippen molar-refractivity contribution in [3.63, 3.8) is 0 Å². The summed E-state index contributed by atoms with van der Waals surface area (Å²) in [6, 6.07) is 41.5. The third-order valence-electron chi connectivity index (χ3n) is 8.00. The Balaban J connectivity index is 1.30. The highest BCUT2D eigenvalue weighted by molar-refractivity contribution is 5.39. The van der Waals surface area contributed by atoms with Crippen LogP contribution in [0.25, 0.3) is 0 Å². The van der Waals surface area contributed by atoms with Crippen molar-refractivity contribution in [3.8, 4) is 11.5 Å². The van der Waals surface area contributed by atoms with Crippen molar-refractivity contribution in [3.05, 3.63) is 132 Å². The van der Waals surface area contributed by atoms with Gasteiger partial charge in [-0.3, -0.25) is 4.90 Å². The van der Waals surface area contributed by atoms with Gasteiger partial charge in [-0.2, -0.15) is 0 Å². The number of nitrogens with one attached hydrogen (secondary N) is 1. The lowest BCUT2D eigenvalue weighted by atomic mass is 9.70. The maximum Gasteiger partial charge on any atom is 0.131 e. The van der Waals surface area contributed by atoms with Gasteiger partial charge in [0.25, 0.3) is 0 Å². The first-order valence-corrected chi connectivity index (χ1v) is 13.2. The third-order valence-corrected chi connectivity index (χ3v) is 8.00. The molecule has 3 fully saturated rings. The number of nitrogens with zero attached hydrogens (tertiary/aromatic N) is 1. The molecule has 7 rings (SSSR count). The van der Waals surface area contributed by atoms with Crippen molar-refractivity contribution < 1.29 is 4.74 Å². The van der Waals surface area contributed by atoms with E-state index >= 15 is 0 Å². The van der Waals surface area contributed by atoms with E-state index in [1.54, 1.807) is 0 Å². The topological polar surface area (TPSA) is 24.5 Å². The van der Waals surface area contributed by atoms with Crippen LogP contribution in [0, 0.1) is 5.92 Å². The fourth-order valence-electron chi connectivity index (χ4n) is 6.29. The van der Waals surface area contributed by atoms with E-state index in [4.69, 9.17) is 4.74 Å². The first kappa shape index (κ1) is 23.0. The molecule has 3 saturated heterocycles. The first-order chi connectivity index (χ1) is 17.9. The Morgan fingerprint density at radius 1 is 0.694 bits per heavy atom. The van der Waals surface area contributed by atoms with Crippen LogP contribution in [0.2, 0.25) is 0 Å². The van der Waals surface area contributed by atoms with Crippen LogP contribution in [0.3, 0.4) is 0 Å². The third kappa shape index (κ3) is 4.82. The summed E-state index contributed by atoms with van der Waals surface area (Å²) in [6.45, 7) is 3.18. The molecule has 2 unspecified atom stereocenters. The highest BCUT2D eigenvalue weighted by atomic mass is 16.5. The SMILES string of the molecule is c1ccc(Oc2ccccc2CNC2C3CCN(CC3)C2C(c2ccccc2)c2ccccc2)cc1. The van der Waals surface area contributed by atoms with Crippen molar-refractivity contribution in [2.75, 3.05) is 13.1 Å². The predicted molar refractivity (Wildman–Crippen MR) is 146 cm³/mol. The van der Waals surface area contributed by atoms with Gasteiger partial charge in [0, 0.05) is 30.1 Å². The largest absolute Gasteiger partial charge is 0.457 e. The molecular formula is C33H34N2O. The Morgan fingerprint density at radius 3 is 1.89 bits per heavy atom. The van der Waals surface area contributed by atoms with E-state index in [0.717, 1.165) is 18.0 Å². The molecule has 0 amide bonds. The summed E-state index contributed by atoms with van der Waals surface area (Å²) in [5, 5.41) is 4.04. The lowest BCUT2D eigenvalue weighted by Gasteiger charge is -2.54. The Morgan fingerprint density at radius 2 is 1.25 bits per heavy atom. The van der Waals surface area contributed by atoms with Crippen LogP contribution >= 0.6 is 0 Å². The van der Waals surface area contributed by atoms with E-state index < -0.39 is 0 Å². The van der Waals surface area contributed by atoms with Crippen LogP contribution in [0.5, 0.6) is 11.5 Å². The quantitative estimate of drug-likeness (QED) is 0.302. The summed E-state index contributed by atoms with van der Waals surface area (Å²) in [7, 11) is 0. The van der Waals surface area contributed by atoms with Gasteiger partial charge in [-0.25, -0.2) is 0 Å². The van der Waals surface area contributed by atoms with Crippen LogP contribution in [0.15, 0.2) is 115 Å². The molecule has 4 aromatic rings. The lowest BCUT2D eigenvalue weighted by Crippen LogP contribution is -2.64. The molecule has 0 spiro atoms. The molecule has 36 heavy (non-hydrogen) atoms. The van der Waals surface area contributed by atoms with Gasteiger partial charge < -0.3 is 10.1 Å². The smallest absolute Gasteiger partial charge is 0.131 e. The summed E-state index contributed by atoms with van der Waals surface area (Å²) in [5.74, 6) is 2.83. The molecule has 3 aliphatic heterocycles. The second-order valence-electron chi connectivity index (χ2n) is 10.1. The molecule has 4 aromatic carbocycles. The van der Waals surface area contributed by atoms with E-state index in [0.29, 0.717) is 23.9 Å². The second kappa shape index (κ2) is 10.7. The number of rotatable bonds is 8. The predicted octanol–water partition coefficient (Wildman–Crippen LogP) is 6.86. The first-order valence-electron chi connectivity index (χ1n) is 13.2. The number of fused-ring (bicyclic) bond motifs is 3. The molecule has 182 valence electrons. The Hall–Kier alpha value is -3.40. The maximum atomic E-state index is 6.27. The molecule has 3 aliphatic rings. The minimum absolute atomic E-state index is 0.337. The number of hydrogen-bond donors (Lipinski definition) is 1. The highest BCUT2D eigenvalue weighted by Gasteiger charge is 2.46. The molecule has 0 aliphatic carbocycles. The standard InChI is InChI=1S/C33H34N2O/c1-4-12-25(13-5-1)31(26-14-6-2-7-15-26)33-32(27-20-22-35(33)23-21-27)34-24-28-16-10-11-19-30(28)36-29-17-8-3-9-18-29/h1-19,27,31-34H,20-24H2. The van der Waals surface area contributed by atoms with Crippen LogP contribution in [-0.4, -0.2) is 30.1 Å². The van der Waals surface area contributed by atoms with Gasteiger partial charge >= 0.3 is 0 Å². The van der Waals surface area contributed by atoms with Crippen LogP contribution in [0.1, 0.15) is 35.4 Å². The van der Waals surface area contributed by atoms with Gasteiger partial charge in [-0.1, -0.05) is 97.1 Å². The molecule has 3 nitrogen and oxygen atoms in total. The van der Waals surface area contributed by atoms with Gasteiger partial charge in [0.05, 0.1) is 0 Å². The van der Waals surface area contributed by atoms with Crippen LogP contribution in [0.4, 0.5) is 0 Å². The normalized spacial score (nSPS) is 23.0. The van der Waals surface area contributed by atoms with Gasteiger partial charge in [0.2, 0.25) is 0 Å².